The fourth-order valence-electron chi connectivity index (χ4n) is 1.04. The zero-order chi connectivity index (χ0) is 8.23. The molecule has 0 amide bonds. The van der Waals surface area contributed by atoms with E-state index in [-0.39, 0.29) is 0 Å². The van der Waals surface area contributed by atoms with Crippen LogP contribution in [-0.2, 0) is 6.42 Å². The average Bonchev–Trinajstić information content (AvgIpc) is 2.59. The van der Waals surface area contributed by atoms with Crippen LogP contribution in [0.4, 0.5) is 0 Å². The summed E-state index contributed by atoms with van der Waals surface area (Å²) in [6.45, 7) is 0. The standard InChI is InChI=1S/C9H8N2O/c1-2-4-8(5-3-1)6-9-11-10-7-12-9/h1-5,7H,6H2. The molecule has 60 valence electrons. The summed E-state index contributed by atoms with van der Waals surface area (Å²) in [5, 5.41) is 7.40. The largest absolute Gasteiger partial charge is 0.428 e. The molecular weight excluding hydrogens is 152 g/mol. The lowest BCUT2D eigenvalue weighted by Gasteiger charge is -1.93. The van der Waals surface area contributed by atoms with E-state index in [2.05, 4.69) is 10.2 Å². The van der Waals surface area contributed by atoms with Crippen molar-refractivity contribution in [1.82, 2.24) is 10.2 Å². The molecule has 0 bridgehead atoms. The Bertz CT molecular complexity index is 329. The van der Waals surface area contributed by atoms with Gasteiger partial charge < -0.3 is 4.42 Å². The number of aromatic nitrogens is 2. The van der Waals surface area contributed by atoms with E-state index in [1.54, 1.807) is 0 Å². The van der Waals surface area contributed by atoms with Crippen LogP contribution in [0, 0.1) is 0 Å². The molecule has 0 aliphatic carbocycles. The van der Waals surface area contributed by atoms with Crippen molar-refractivity contribution in [2.75, 3.05) is 0 Å². The average molecular weight is 160 g/mol. The number of nitrogens with zero attached hydrogens (tertiary/aromatic N) is 2. The summed E-state index contributed by atoms with van der Waals surface area (Å²) in [5.41, 5.74) is 1.18. The van der Waals surface area contributed by atoms with Crippen LogP contribution in [0.1, 0.15) is 11.5 Å². The van der Waals surface area contributed by atoms with Gasteiger partial charge in [0.25, 0.3) is 0 Å². The first-order chi connectivity index (χ1) is 5.95. The number of hydrogen-bond acceptors (Lipinski definition) is 3. The highest BCUT2D eigenvalue weighted by Gasteiger charge is 1.98. The number of benzene rings is 1. The first-order valence-corrected chi connectivity index (χ1v) is 3.74. The molecule has 1 aromatic carbocycles. The van der Waals surface area contributed by atoms with Crippen LogP contribution in [0.2, 0.25) is 0 Å². The van der Waals surface area contributed by atoms with Crippen molar-refractivity contribution in [3.05, 3.63) is 48.2 Å². The van der Waals surface area contributed by atoms with E-state index in [0.717, 1.165) is 0 Å². The monoisotopic (exact) mass is 160 g/mol. The Morgan fingerprint density at radius 3 is 2.67 bits per heavy atom. The van der Waals surface area contributed by atoms with Gasteiger partial charge in [-0.15, -0.1) is 10.2 Å². The van der Waals surface area contributed by atoms with Crippen molar-refractivity contribution >= 4 is 0 Å². The molecule has 0 unspecified atom stereocenters. The summed E-state index contributed by atoms with van der Waals surface area (Å²) < 4.78 is 5.02. The lowest BCUT2D eigenvalue weighted by Crippen LogP contribution is -1.87. The second-order valence-corrected chi connectivity index (χ2v) is 2.49. The molecule has 0 saturated heterocycles. The van der Waals surface area contributed by atoms with E-state index in [1.165, 1.54) is 12.0 Å². The summed E-state index contributed by atoms with van der Waals surface area (Å²) in [6.07, 6.45) is 2.05. The van der Waals surface area contributed by atoms with Gasteiger partial charge in [-0.2, -0.15) is 0 Å². The number of hydrogen-bond donors (Lipinski definition) is 0. The van der Waals surface area contributed by atoms with Gasteiger partial charge in [0.15, 0.2) is 0 Å². The highest BCUT2D eigenvalue weighted by molar-refractivity contribution is 5.17. The van der Waals surface area contributed by atoms with Crippen molar-refractivity contribution in [3.8, 4) is 0 Å². The van der Waals surface area contributed by atoms with Crippen LogP contribution in [0.25, 0.3) is 0 Å². The first-order valence-electron chi connectivity index (χ1n) is 3.74. The number of rotatable bonds is 2. The van der Waals surface area contributed by atoms with Crippen molar-refractivity contribution < 1.29 is 4.42 Å². The first kappa shape index (κ1) is 7.03. The quantitative estimate of drug-likeness (QED) is 0.670. The van der Waals surface area contributed by atoms with Gasteiger partial charge in [0.05, 0.1) is 6.42 Å². The summed E-state index contributed by atoms with van der Waals surface area (Å²) >= 11 is 0. The van der Waals surface area contributed by atoms with E-state index in [1.807, 2.05) is 30.3 Å². The van der Waals surface area contributed by atoms with Gasteiger partial charge in [0.1, 0.15) is 0 Å². The molecule has 3 heteroatoms. The predicted octanol–water partition coefficient (Wildman–Crippen LogP) is 1.66. The van der Waals surface area contributed by atoms with E-state index in [0.29, 0.717) is 12.3 Å². The summed E-state index contributed by atoms with van der Waals surface area (Å²) in [5.74, 6) is 0.654. The smallest absolute Gasteiger partial charge is 0.220 e. The van der Waals surface area contributed by atoms with Gasteiger partial charge in [0.2, 0.25) is 12.3 Å². The van der Waals surface area contributed by atoms with Gasteiger partial charge in [-0.25, -0.2) is 0 Å². The maximum absolute atomic E-state index is 5.02. The lowest BCUT2D eigenvalue weighted by molar-refractivity contribution is 0.505. The van der Waals surface area contributed by atoms with E-state index < -0.39 is 0 Å². The fraction of sp³-hybridized carbons (Fsp3) is 0.111. The third kappa shape index (κ3) is 1.50. The molecule has 1 aromatic heterocycles. The molecule has 12 heavy (non-hydrogen) atoms. The van der Waals surface area contributed by atoms with Crippen LogP contribution in [0.5, 0.6) is 0 Å². The Kier molecular flexibility index (Phi) is 1.86. The van der Waals surface area contributed by atoms with Crippen LogP contribution in [-0.4, -0.2) is 10.2 Å². The molecule has 2 rings (SSSR count). The molecule has 0 saturated carbocycles. The van der Waals surface area contributed by atoms with E-state index in [9.17, 15) is 0 Å². The molecule has 0 aliphatic rings. The highest BCUT2D eigenvalue weighted by atomic mass is 16.4. The van der Waals surface area contributed by atoms with Gasteiger partial charge >= 0.3 is 0 Å². The normalized spacial score (nSPS) is 10.0. The van der Waals surface area contributed by atoms with E-state index >= 15 is 0 Å². The molecule has 3 nitrogen and oxygen atoms in total. The lowest BCUT2D eigenvalue weighted by atomic mass is 10.2. The summed E-state index contributed by atoms with van der Waals surface area (Å²) in [6, 6.07) is 10.0. The maximum atomic E-state index is 5.02. The van der Waals surface area contributed by atoms with Gasteiger partial charge in [-0.1, -0.05) is 30.3 Å². The Balaban J connectivity index is 2.15. The molecule has 0 aliphatic heterocycles. The summed E-state index contributed by atoms with van der Waals surface area (Å²) in [4.78, 5) is 0. The summed E-state index contributed by atoms with van der Waals surface area (Å²) in [7, 11) is 0. The Morgan fingerprint density at radius 2 is 2.00 bits per heavy atom. The molecule has 0 N–H and O–H groups in total. The van der Waals surface area contributed by atoms with Crippen molar-refractivity contribution in [2.45, 2.75) is 6.42 Å². The van der Waals surface area contributed by atoms with Crippen LogP contribution < -0.4 is 0 Å². The Labute approximate surface area is 70.1 Å². The van der Waals surface area contributed by atoms with Crippen LogP contribution in [0.3, 0.4) is 0 Å². The zero-order valence-electron chi connectivity index (χ0n) is 6.47. The Morgan fingerprint density at radius 1 is 1.17 bits per heavy atom. The van der Waals surface area contributed by atoms with E-state index in [4.69, 9.17) is 4.42 Å². The predicted molar refractivity (Wildman–Crippen MR) is 43.5 cm³/mol. The Hall–Kier alpha value is -1.64. The molecule has 0 fully saturated rings. The minimum atomic E-state index is 0.654. The van der Waals surface area contributed by atoms with Crippen LogP contribution >= 0.6 is 0 Å². The van der Waals surface area contributed by atoms with Crippen molar-refractivity contribution in [1.29, 1.82) is 0 Å². The topological polar surface area (TPSA) is 38.9 Å². The minimum Gasteiger partial charge on any atom is -0.428 e. The third-order valence-electron chi connectivity index (χ3n) is 1.60. The molecule has 0 radical (unpaired) electrons. The second-order valence-electron chi connectivity index (χ2n) is 2.49. The van der Waals surface area contributed by atoms with Crippen LogP contribution in [0.15, 0.2) is 41.1 Å². The highest BCUT2D eigenvalue weighted by Crippen LogP contribution is 2.04. The second kappa shape index (κ2) is 3.17. The molecule has 0 spiro atoms. The molecule has 0 atom stereocenters. The maximum Gasteiger partial charge on any atom is 0.220 e. The fourth-order valence-corrected chi connectivity index (χ4v) is 1.04. The molecular formula is C9H8N2O. The van der Waals surface area contributed by atoms with Gasteiger partial charge in [-0.3, -0.25) is 0 Å². The van der Waals surface area contributed by atoms with Crippen molar-refractivity contribution in [3.63, 3.8) is 0 Å². The zero-order valence-corrected chi connectivity index (χ0v) is 6.47. The minimum absolute atomic E-state index is 0.654. The SMILES string of the molecule is c1ccc(Cc2nnco2)cc1. The van der Waals surface area contributed by atoms with Crippen molar-refractivity contribution in [2.24, 2.45) is 0 Å². The molecule has 2 aromatic rings. The van der Waals surface area contributed by atoms with Gasteiger partial charge in [-0.05, 0) is 5.56 Å². The molecule has 1 heterocycles. The van der Waals surface area contributed by atoms with Gasteiger partial charge in [0, 0.05) is 0 Å². The third-order valence-corrected chi connectivity index (χ3v) is 1.60.